The van der Waals surface area contributed by atoms with Crippen LogP contribution in [0.15, 0.2) is 24.3 Å². The lowest BCUT2D eigenvalue weighted by molar-refractivity contribution is -0.123. The molecule has 1 heterocycles. The van der Waals surface area contributed by atoms with Crippen LogP contribution in [-0.4, -0.2) is 52.1 Å². The summed E-state index contributed by atoms with van der Waals surface area (Å²) in [5, 5.41) is 18.6. The molecule has 3 atom stereocenters. The summed E-state index contributed by atoms with van der Waals surface area (Å²) in [5.41, 5.74) is 5.75. The summed E-state index contributed by atoms with van der Waals surface area (Å²) in [6.07, 6.45) is -0.746. The number of carbonyl (C=O) groups is 3. The van der Waals surface area contributed by atoms with Gasteiger partial charge in [0.2, 0.25) is 5.91 Å². The molecule has 1 aromatic rings. The third-order valence-electron chi connectivity index (χ3n) is 4.02. The Bertz CT molecular complexity index is 596. The summed E-state index contributed by atoms with van der Waals surface area (Å²) in [4.78, 5) is 36.1. The maximum atomic E-state index is 12.4. The van der Waals surface area contributed by atoms with Gasteiger partial charge < -0.3 is 20.8 Å². The highest BCUT2D eigenvalue weighted by Crippen LogP contribution is 2.27. The van der Waals surface area contributed by atoms with Crippen LogP contribution in [0, 0.1) is 11.8 Å². The van der Waals surface area contributed by atoms with E-state index in [2.05, 4.69) is 0 Å². The summed E-state index contributed by atoms with van der Waals surface area (Å²) in [5.74, 6) is -2.89. The zero-order valence-electron chi connectivity index (χ0n) is 12.1. The van der Waals surface area contributed by atoms with Crippen LogP contribution in [0.3, 0.4) is 0 Å². The number of carbonyl (C=O) groups excluding carboxylic acids is 2. The molecule has 1 unspecified atom stereocenters. The second-order valence-corrected chi connectivity index (χ2v) is 5.51. The lowest BCUT2D eigenvalue weighted by Crippen LogP contribution is -2.34. The fraction of sp³-hybridized carbons (Fsp3) is 0.400. The zero-order chi connectivity index (χ0) is 16.4. The number of amides is 2. The number of nitrogens with two attached hydrogens (primary N) is 1. The fourth-order valence-electron chi connectivity index (χ4n) is 2.72. The molecule has 118 valence electrons. The minimum atomic E-state index is -1.07. The SMILES string of the molecule is CC(O)[C@@H]1CN(C(=O)c2ccc(C(=O)O)cc2)C[C@H]1C(N)=O. The van der Waals surface area contributed by atoms with E-state index in [4.69, 9.17) is 10.8 Å². The molecule has 22 heavy (non-hydrogen) atoms. The van der Waals surface area contributed by atoms with Gasteiger partial charge in [0, 0.05) is 24.6 Å². The lowest BCUT2D eigenvalue weighted by Gasteiger charge is -2.18. The zero-order valence-corrected chi connectivity index (χ0v) is 12.1. The minimum absolute atomic E-state index is 0.0924. The van der Waals surface area contributed by atoms with Crippen molar-refractivity contribution in [2.45, 2.75) is 13.0 Å². The van der Waals surface area contributed by atoms with Crippen molar-refractivity contribution in [1.82, 2.24) is 4.90 Å². The molecule has 7 nitrogen and oxygen atoms in total. The van der Waals surface area contributed by atoms with Crippen LogP contribution in [-0.2, 0) is 4.79 Å². The average Bonchev–Trinajstić information content (AvgIpc) is 2.92. The van der Waals surface area contributed by atoms with E-state index in [9.17, 15) is 19.5 Å². The Hall–Kier alpha value is -2.41. The molecule has 1 saturated heterocycles. The number of aliphatic hydroxyl groups excluding tert-OH is 1. The van der Waals surface area contributed by atoms with Crippen molar-refractivity contribution in [3.63, 3.8) is 0 Å². The molecule has 0 aromatic heterocycles. The second kappa shape index (κ2) is 6.15. The first kappa shape index (κ1) is 16.0. The van der Waals surface area contributed by atoms with Crippen LogP contribution in [0.1, 0.15) is 27.6 Å². The van der Waals surface area contributed by atoms with Crippen molar-refractivity contribution in [3.8, 4) is 0 Å². The minimum Gasteiger partial charge on any atom is -0.478 e. The molecule has 0 bridgehead atoms. The van der Waals surface area contributed by atoms with Crippen molar-refractivity contribution < 1.29 is 24.6 Å². The van der Waals surface area contributed by atoms with Crippen molar-refractivity contribution in [3.05, 3.63) is 35.4 Å². The van der Waals surface area contributed by atoms with Gasteiger partial charge in [-0.3, -0.25) is 9.59 Å². The third kappa shape index (κ3) is 3.09. The van der Waals surface area contributed by atoms with Gasteiger partial charge in [0.05, 0.1) is 17.6 Å². The smallest absolute Gasteiger partial charge is 0.335 e. The molecule has 1 aliphatic rings. The van der Waals surface area contributed by atoms with Gasteiger partial charge in [0.15, 0.2) is 0 Å². The molecular weight excluding hydrogens is 288 g/mol. The van der Waals surface area contributed by atoms with Crippen LogP contribution >= 0.6 is 0 Å². The molecule has 0 radical (unpaired) electrons. The number of hydrogen-bond donors (Lipinski definition) is 3. The lowest BCUT2D eigenvalue weighted by atomic mass is 9.91. The maximum Gasteiger partial charge on any atom is 0.335 e. The molecule has 2 amide bonds. The highest BCUT2D eigenvalue weighted by Gasteiger charge is 2.41. The van der Waals surface area contributed by atoms with E-state index in [1.807, 2.05) is 0 Å². The molecule has 0 spiro atoms. The van der Waals surface area contributed by atoms with E-state index in [0.717, 1.165) is 0 Å². The van der Waals surface area contributed by atoms with Crippen molar-refractivity contribution in [1.29, 1.82) is 0 Å². The Morgan fingerprint density at radius 2 is 1.73 bits per heavy atom. The van der Waals surface area contributed by atoms with Crippen molar-refractivity contribution >= 4 is 17.8 Å². The molecule has 4 N–H and O–H groups in total. The van der Waals surface area contributed by atoms with E-state index in [1.54, 1.807) is 6.92 Å². The maximum absolute atomic E-state index is 12.4. The summed E-state index contributed by atoms with van der Waals surface area (Å²) in [6, 6.07) is 5.56. The first-order valence-corrected chi connectivity index (χ1v) is 6.91. The molecule has 0 saturated carbocycles. The number of primary amides is 1. The summed E-state index contributed by atoms with van der Waals surface area (Å²) in [7, 11) is 0. The molecule has 0 aliphatic carbocycles. The number of benzene rings is 1. The number of aliphatic hydroxyl groups is 1. The largest absolute Gasteiger partial charge is 0.478 e. The van der Waals surface area contributed by atoms with Gasteiger partial charge in [-0.25, -0.2) is 4.79 Å². The standard InChI is InChI=1S/C15H18N2O5/c1-8(18)11-6-17(7-12(11)13(16)19)14(20)9-2-4-10(5-3-9)15(21)22/h2-5,8,11-12,18H,6-7H2,1H3,(H2,16,19)(H,21,22)/t8?,11-,12+/m0/s1. The van der Waals surface area contributed by atoms with Crippen LogP contribution in [0.25, 0.3) is 0 Å². The van der Waals surface area contributed by atoms with E-state index in [0.29, 0.717) is 5.56 Å². The number of carboxylic acids is 1. The molecule has 1 aromatic carbocycles. The van der Waals surface area contributed by atoms with Crippen LogP contribution < -0.4 is 5.73 Å². The average molecular weight is 306 g/mol. The summed E-state index contributed by atoms with van der Waals surface area (Å²) < 4.78 is 0. The van der Waals surface area contributed by atoms with Crippen LogP contribution in [0.4, 0.5) is 0 Å². The second-order valence-electron chi connectivity index (χ2n) is 5.51. The molecule has 1 fully saturated rings. The molecule has 7 heteroatoms. The highest BCUT2D eigenvalue weighted by atomic mass is 16.4. The van der Waals surface area contributed by atoms with E-state index in [-0.39, 0.29) is 30.5 Å². The Kier molecular flexibility index (Phi) is 4.46. The van der Waals surface area contributed by atoms with Crippen LogP contribution in [0.5, 0.6) is 0 Å². The number of hydrogen-bond acceptors (Lipinski definition) is 4. The highest BCUT2D eigenvalue weighted by molar-refractivity contribution is 5.96. The Labute approximate surface area is 127 Å². The molecule has 2 rings (SSSR count). The number of nitrogens with zero attached hydrogens (tertiary/aromatic N) is 1. The number of likely N-dealkylation sites (tertiary alicyclic amines) is 1. The van der Waals surface area contributed by atoms with E-state index < -0.39 is 23.9 Å². The van der Waals surface area contributed by atoms with Gasteiger partial charge in [-0.15, -0.1) is 0 Å². The Morgan fingerprint density at radius 3 is 2.14 bits per heavy atom. The van der Waals surface area contributed by atoms with Gasteiger partial charge in [0.25, 0.3) is 5.91 Å². The topological polar surface area (TPSA) is 121 Å². The quantitative estimate of drug-likeness (QED) is 0.719. The number of aromatic carboxylic acids is 1. The van der Waals surface area contributed by atoms with Crippen molar-refractivity contribution in [2.75, 3.05) is 13.1 Å². The predicted molar refractivity (Wildman–Crippen MR) is 77.2 cm³/mol. The van der Waals surface area contributed by atoms with Crippen molar-refractivity contribution in [2.24, 2.45) is 17.6 Å². The number of carboxylic acid groups (broad SMARTS) is 1. The fourth-order valence-corrected chi connectivity index (χ4v) is 2.72. The van der Waals surface area contributed by atoms with Gasteiger partial charge >= 0.3 is 5.97 Å². The molecule has 1 aliphatic heterocycles. The summed E-state index contributed by atoms with van der Waals surface area (Å²) >= 11 is 0. The molecular formula is C15H18N2O5. The third-order valence-corrected chi connectivity index (χ3v) is 4.02. The Morgan fingerprint density at radius 1 is 1.18 bits per heavy atom. The number of rotatable bonds is 4. The van der Waals surface area contributed by atoms with Gasteiger partial charge in [-0.2, -0.15) is 0 Å². The van der Waals surface area contributed by atoms with Gasteiger partial charge in [-0.1, -0.05) is 0 Å². The first-order valence-electron chi connectivity index (χ1n) is 6.91. The van der Waals surface area contributed by atoms with Gasteiger partial charge in [-0.05, 0) is 31.2 Å². The monoisotopic (exact) mass is 306 g/mol. The van der Waals surface area contributed by atoms with Crippen LogP contribution in [0.2, 0.25) is 0 Å². The normalized spacial score (nSPS) is 22.4. The van der Waals surface area contributed by atoms with E-state index >= 15 is 0 Å². The first-order chi connectivity index (χ1) is 10.3. The van der Waals surface area contributed by atoms with E-state index in [1.165, 1.54) is 29.2 Å². The summed E-state index contributed by atoms with van der Waals surface area (Å²) in [6.45, 7) is 1.96. The van der Waals surface area contributed by atoms with Gasteiger partial charge in [0.1, 0.15) is 0 Å². The predicted octanol–water partition coefficient (Wildman–Crippen LogP) is -0.0609. The Balaban J connectivity index is 2.16.